The molecule has 0 amide bonds. The average Bonchev–Trinajstić information content (AvgIpc) is 3.37. The van der Waals surface area contributed by atoms with Crippen molar-refractivity contribution >= 4 is 50.1 Å². The zero-order valence-electron chi connectivity index (χ0n) is 28.0. The van der Waals surface area contributed by atoms with Crippen LogP contribution >= 0.6 is 27.3 Å². The number of fused-ring (bicyclic) bond motifs is 2. The highest BCUT2D eigenvalue weighted by Gasteiger charge is 2.35. The second-order valence-corrected chi connectivity index (χ2v) is 13.6. The van der Waals surface area contributed by atoms with Crippen LogP contribution in [-0.2, 0) is 16.1 Å². The quantitative estimate of drug-likeness (QED) is 0.131. The summed E-state index contributed by atoms with van der Waals surface area (Å²) in [7, 11) is 0. The van der Waals surface area contributed by atoms with Crippen LogP contribution in [0.15, 0.2) is 104 Å². The number of rotatable bonds is 11. The number of nitrogens with zero attached hydrogens (tertiary/aromatic N) is 2. The molecule has 6 rings (SSSR count). The van der Waals surface area contributed by atoms with E-state index in [1.807, 2.05) is 81.4 Å². The third-order valence-corrected chi connectivity index (χ3v) is 9.55. The second kappa shape index (κ2) is 14.8. The molecule has 1 aliphatic heterocycles. The van der Waals surface area contributed by atoms with Gasteiger partial charge in [-0.25, -0.2) is 9.79 Å². The van der Waals surface area contributed by atoms with E-state index < -0.39 is 12.0 Å². The minimum atomic E-state index is -0.789. The number of carbonyl (C=O) groups excluding carboxylic acids is 1. The summed E-state index contributed by atoms with van der Waals surface area (Å²) in [6.07, 6.45) is 1.69. The van der Waals surface area contributed by atoms with Gasteiger partial charge < -0.3 is 18.9 Å². The number of aromatic nitrogens is 1. The molecule has 0 N–H and O–H groups in total. The molecule has 0 saturated heterocycles. The van der Waals surface area contributed by atoms with E-state index in [2.05, 4.69) is 40.2 Å². The number of benzene rings is 4. The third kappa shape index (κ3) is 7.07. The van der Waals surface area contributed by atoms with E-state index in [9.17, 15) is 9.59 Å². The van der Waals surface area contributed by atoms with Crippen molar-refractivity contribution < 1.29 is 23.7 Å². The van der Waals surface area contributed by atoms with Crippen LogP contribution in [-0.4, -0.2) is 29.9 Å². The molecule has 0 aliphatic carbocycles. The number of halogens is 1. The molecule has 8 nitrogen and oxygen atoms in total. The Morgan fingerprint density at radius 2 is 1.73 bits per heavy atom. The Kier molecular flexibility index (Phi) is 10.4. The number of hydrogen-bond acceptors (Lipinski definition) is 8. The number of ether oxygens (including phenoxy) is 4. The van der Waals surface area contributed by atoms with Crippen LogP contribution < -0.4 is 29.1 Å². The molecule has 4 aromatic carbocycles. The van der Waals surface area contributed by atoms with E-state index in [4.69, 9.17) is 23.9 Å². The summed E-state index contributed by atoms with van der Waals surface area (Å²) < 4.78 is 26.7. The number of thiazole rings is 1. The molecule has 1 aromatic heterocycles. The molecule has 0 unspecified atom stereocenters. The van der Waals surface area contributed by atoms with Gasteiger partial charge in [-0.1, -0.05) is 72.0 Å². The Morgan fingerprint density at radius 3 is 2.51 bits per heavy atom. The van der Waals surface area contributed by atoms with Crippen molar-refractivity contribution in [1.29, 1.82) is 0 Å². The largest absolute Gasteiger partial charge is 0.491 e. The molecule has 0 radical (unpaired) electrons. The van der Waals surface area contributed by atoms with Gasteiger partial charge in [0, 0.05) is 5.56 Å². The Morgan fingerprint density at radius 1 is 0.980 bits per heavy atom. The summed E-state index contributed by atoms with van der Waals surface area (Å²) in [6, 6.07) is 24.8. The Labute approximate surface area is 297 Å². The molecule has 0 spiro atoms. The van der Waals surface area contributed by atoms with E-state index in [1.54, 1.807) is 18.4 Å². The van der Waals surface area contributed by atoms with Gasteiger partial charge in [0.1, 0.15) is 18.4 Å². The molecule has 0 saturated carbocycles. The maximum Gasteiger partial charge on any atom is 0.338 e. The summed E-state index contributed by atoms with van der Waals surface area (Å²) in [5, 5.41) is 2.27. The van der Waals surface area contributed by atoms with Gasteiger partial charge in [-0.15, -0.1) is 0 Å². The lowest BCUT2D eigenvalue weighted by Crippen LogP contribution is -2.40. The zero-order valence-corrected chi connectivity index (χ0v) is 30.4. The number of carbonyl (C=O) groups is 1. The molecule has 49 heavy (non-hydrogen) atoms. The molecule has 1 atom stereocenters. The van der Waals surface area contributed by atoms with Gasteiger partial charge in [-0.2, -0.15) is 0 Å². The van der Waals surface area contributed by atoms with Gasteiger partial charge in [-0.05, 0) is 96.7 Å². The average molecular weight is 742 g/mol. The lowest BCUT2D eigenvalue weighted by atomic mass is 9.95. The van der Waals surface area contributed by atoms with E-state index >= 15 is 0 Å². The molecule has 252 valence electrons. The highest BCUT2D eigenvalue weighted by molar-refractivity contribution is 9.10. The first kappa shape index (κ1) is 34.2. The molecular formula is C39H37BrN2O6S. The lowest BCUT2D eigenvalue weighted by Gasteiger charge is -2.26. The standard InChI is InChI=1S/C39H37BrN2O6S/c1-6-45-32-20-25(19-30(40)36(32)47-22-27-15-12-14-26-13-8-9-16-28(26)27)21-33-37(43)42-35(29-17-10-11-18-31(29)48-23(3)4)34(38(44)46-7-2)24(5)41-39(42)49-33/h8-21,23,35H,6-7,22H2,1-5H3/b33-21-/t35-/m0/s1. The van der Waals surface area contributed by atoms with Gasteiger partial charge >= 0.3 is 5.97 Å². The van der Waals surface area contributed by atoms with E-state index in [0.29, 0.717) is 61.1 Å². The lowest BCUT2D eigenvalue weighted by molar-refractivity contribution is -0.139. The Bertz CT molecular complexity index is 2250. The van der Waals surface area contributed by atoms with Crippen molar-refractivity contribution in [2.75, 3.05) is 13.2 Å². The topological polar surface area (TPSA) is 88.4 Å². The minimum Gasteiger partial charge on any atom is -0.491 e. The molecule has 1 aliphatic rings. The summed E-state index contributed by atoms with van der Waals surface area (Å²) in [5.74, 6) is 1.18. The van der Waals surface area contributed by atoms with Crippen molar-refractivity contribution in [3.63, 3.8) is 0 Å². The molecular weight excluding hydrogens is 704 g/mol. The van der Waals surface area contributed by atoms with Gasteiger partial charge in [0.2, 0.25) is 0 Å². The van der Waals surface area contributed by atoms with Crippen LogP contribution in [0.5, 0.6) is 17.2 Å². The van der Waals surface area contributed by atoms with E-state index in [-0.39, 0.29) is 18.3 Å². The van der Waals surface area contributed by atoms with Crippen LogP contribution in [0.1, 0.15) is 57.4 Å². The fraction of sp³-hybridized carbons (Fsp3) is 0.256. The molecule has 5 aromatic rings. The van der Waals surface area contributed by atoms with Crippen LogP contribution in [0.3, 0.4) is 0 Å². The van der Waals surface area contributed by atoms with Crippen molar-refractivity contribution in [3.8, 4) is 17.2 Å². The summed E-state index contributed by atoms with van der Waals surface area (Å²) >= 11 is 4.96. The molecule has 10 heteroatoms. The third-order valence-electron chi connectivity index (χ3n) is 7.97. The van der Waals surface area contributed by atoms with Crippen molar-refractivity contribution in [1.82, 2.24) is 4.57 Å². The van der Waals surface area contributed by atoms with Gasteiger partial charge in [-0.3, -0.25) is 9.36 Å². The van der Waals surface area contributed by atoms with E-state index in [1.165, 1.54) is 11.3 Å². The highest BCUT2D eigenvalue weighted by atomic mass is 79.9. The number of esters is 1. The molecule has 2 heterocycles. The van der Waals surface area contributed by atoms with Crippen LogP contribution in [0.2, 0.25) is 0 Å². The van der Waals surface area contributed by atoms with Crippen molar-refractivity contribution in [2.45, 2.75) is 53.4 Å². The fourth-order valence-corrected chi connectivity index (χ4v) is 7.57. The minimum absolute atomic E-state index is 0.120. The second-order valence-electron chi connectivity index (χ2n) is 11.7. The van der Waals surface area contributed by atoms with Crippen LogP contribution in [0, 0.1) is 0 Å². The maximum absolute atomic E-state index is 14.3. The smallest absolute Gasteiger partial charge is 0.338 e. The summed E-state index contributed by atoms with van der Waals surface area (Å²) in [4.78, 5) is 32.9. The fourth-order valence-electron chi connectivity index (χ4n) is 5.95. The summed E-state index contributed by atoms with van der Waals surface area (Å²) in [6.45, 7) is 10.3. The first-order chi connectivity index (χ1) is 23.7. The van der Waals surface area contributed by atoms with Crippen LogP contribution in [0.4, 0.5) is 0 Å². The summed E-state index contributed by atoms with van der Waals surface area (Å²) in [5.41, 5.74) is 2.98. The predicted molar refractivity (Wildman–Crippen MR) is 196 cm³/mol. The van der Waals surface area contributed by atoms with Gasteiger partial charge in [0.25, 0.3) is 5.56 Å². The number of allylic oxidation sites excluding steroid dienone is 1. The van der Waals surface area contributed by atoms with E-state index in [0.717, 1.165) is 21.9 Å². The number of hydrogen-bond donors (Lipinski definition) is 0. The molecule has 0 fully saturated rings. The zero-order chi connectivity index (χ0) is 34.7. The maximum atomic E-state index is 14.3. The molecule has 0 bridgehead atoms. The first-order valence-electron chi connectivity index (χ1n) is 16.2. The first-order valence-corrected chi connectivity index (χ1v) is 17.8. The normalized spacial score (nSPS) is 14.5. The number of para-hydroxylation sites is 1. The van der Waals surface area contributed by atoms with Gasteiger partial charge in [0.15, 0.2) is 16.3 Å². The SMILES string of the molecule is CCOC(=O)C1=C(C)N=c2s/c(=C\c3cc(Br)c(OCc4cccc5ccccc45)c(OCC)c3)c(=O)n2[C@H]1c1ccccc1OC(C)C. The van der Waals surface area contributed by atoms with Crippen molar-refractivity contribution in [2.24, 2.45) is 4.99 Å². The highest BCUT2D eigenvalue weighted by Crippen LogP contribution is 2.39. The van der Waals surface area contributed by atoms with Crippen LogP contribution in [0.25, 0.3) is 16.8 Å². The predicted octanol–water partition coefficient (Wildman–Crippen LogP) is 7.48. The monoisotopic (exact) mass is 740 g/mol. The van der Waals surface area contributed by atoms with Gasteiger partial charge in [0.05, 0.1) is 39.6 Å². The Balaban J connectivity index is 1.43. The Hall–Kier alpha value is -4.67. The van der Waals surface area contributed by atoms with Crippen molar-refractivity contribution in [3.05, 3.63) is 131 Å².